The molecule has 1 aromatic heterocycles. The zero-order valence-electron chi connectivity index (χ0n) is 16.3. The molecule has 0 saturated carbocycles. The average molecular weight is 406 g/mol. The van der Waals surface area contributed by atoms with Crippen molar-refractivity contribution in [1.82, 2.24) is 25.1 Å². The summed E-state index contributed by atoms with van der Waals surface area (Å²) in [5.41, 5.74) is 1.04. The predicted octanol–water partition coefficient (Wildman–Crippen LogP) is 3.48. The van der Waals surface area contributed by atoms with Crippen LogP contribution in [0.15, 0.2) is 36.9 Å². The van der Waals surface area contributed by atoms with Crippen molar-refractivity contribution in [3.05, 3.63) is 58.9 Å². The first kappa shape index (κ1) is 20.5. The predicted molar refractivity (Wildman–Crippen MR) is 107 cm³/mol. The summed E-state index contributed by atoms with van der Waals surface area (Å²) in [4.78, 5) is 24.5. The molecular weight excluding hydrogens is 381 g/mol. The first-order chi connectivity index (χ1) is 13.2. The number of amides is 2. The third kappa shape index (κ3) is 4.97. The Balaban J connectivity index is 1.80. The van der Waals surface area contributed by atoms with Gasteiger partial charge in [-0.3, -0.25) is 4.90 Å². The molecule has 150 valence electrons. The number of rotatable bonds is 3. The Hall–Kier alpha value is -2.25. The van der Waals surface area contributed by atoms with Crippen LogP contribution in [0.1, 0.15) is 37.9 Å². The molecule has 1 unspecified atom stereocenters. The van der Waals surface area contributed by atoms with Crippen LogP contribution in [0.25, 0.3) is 0 Å². The van der Waals surface area contributed by atoms with Gasteiger partial charge in [0, 0.05) is 60.3 Å². The largest absolute Gasteiger partial charge is 0.333 e. The normalized spacial score (nSPS) is 16.7. The quantitative estimate of drug-likeness (QED) is 0.849. The van der Waals surface area contributed by atoms with Gasteiger partial charge < -0.3 is 10.2 Å². The Bertz CT molecular complexity index is 819. The van der Waals surface area contributed by atoms with Crippen LogP contribution in [0.4, 0.5) is 9.18 Å². The van der Waals surface area contributed by atoms with Gasteiger partial charge in [-0.25, -0.2) is 19.2 Å². The molecule has 2 heterocycles. The number of aromatic nitrogens is 2. The maximum absolute atomic E-state index is 14.7. The molecule has 1 N–H and O–H groups in total. The first-order valence-electron chi connectivity index (χ1n) is 9.25. The number of benzene rings is 1. The fraction of sp³-hybridized carbons (Fsp3) is 0.450. The van der Waals surface area contributed by atoms with Crippen molar-refractivity contribution in [2.75, 3.05) is 26.2 Å². The number of hydrogen-bond acceptors (Lipinski definition) is 4. The van der Waals surface area contributed by atoms with Gasteiger partial charge in [0.2, 0.25) is 0 Å². The molecule has 1 fully saturated rings. The second kappa shape index (κ2) is 8.41. The van der Waals surface area contributed by atoms with Crippen molar-refractivity contribution in [2.45, 2.75) is 32.4 Å². The number of urea groups is 1. The smallest absolute Gasteiger partial charge is 0.317 e. The van der Waals surface area contributed by atoms with Crippen LogP contribution in [-0.2, 0) is 0 Å². The van der Waals surface area contributed by atoms with E-state index in [4.69, 9.17) is 11.6 Å². The highest BCUT2D eigenvalue weighted by atomic mass is 35.5. The number of nitrogens with zero attached hydrogens (tertiary/aromatic N) is 4. The molecule has 6 nitrogen and oxygen atoms in total. The molecule has 3 rings (SSSR count). The van der Waals surface area contributed by atoms with Crippen molar-refractivity contribution in [3.8, 4) is 0 Å². The van der Waals surface area contributed by atoms with Crippen LogP contribution in [-0.4, -0.2) is 57.5 Å². The van der Waals surface area contributed by atoms with Gasteiger partial charge in [0.05, 0.1) is 6.04 Å². The summed E-state index contributed by atoms with van der Waals surface area (Å²) >= 11 is 5.93. The number of halogens is 2. The highest BCUT2D eigenvalue weighted by Gasteiger charge is 2.31. The van der Waals surface area contributed by atoms with Gasteiger partial charge in [0.1, 0.15) is 12.1 Å². The molecule has 2 amide bonds. The van der Waals surface area contributed by atoms with Crippen LogP contribution in [0, 0.1) is 5.82 Å². The van der Waals surface area contributed by atoms with Gasteiger partial charge >= 0.3 is 6.03 Å². The molecule has 1 saturated heterocycles. The minimum atomic E-state index is -0.366. The van der Waals surface area contributed by atoms with Crippen molar-refractivity contribution in [1.29, 1.82) is 0 Å². The van der Waals surface area contributed by atoms with E-state index in [1.54, 1.807) is 29.4 Å². The standard InChI is InChI=1S/C20H25ClFN5O/c1-20(2,3)25-19(28)27-8-6-26(7-9-27)18(14-11-23-13-24-12-14)16-5-4-15(21)10-17(16)22/h4-5,10-13,18H,6-9H2,1-3H3,(H,25,28). The zero-order chi connectivity index (χ0) is 20.3. The maximum atomic E-state index is 14.7. The Morgan fingerprint density at radius 3 is 2.39 bits per heavy atom. The van der Waals surface area contributed by atoms with Gasteiger partial charge in [0.15, 0.2) is 0 Å². The van der Waals surface area contributed by atoms with Crippen molar-refractivity contribution in [3.63, 3.8) is 0 Å². The zero-order valence-corrected chi connectivity index (χ0v) is 17.1. The molecule has 2 aromatic rings. The van der Waals surface area contributed by atoms with E-state index < -0.39 is 0 Å². The first-order valence-corrected chi connectivity index (χ1v) is 9.63. The lowest BCUT2D eigenvalue weighted by atomic mass is 9.98. The van der Waals surface area contributed by atoms with Crippen LogP contribution in [0.3, 0.4) is 0 Å². The van der Waals surface area contributed by atoms with E-state index in [1.807, 2.05) is 20.8 Å². The second-order valence-corrected chi connectivity index (χ2v) is 8.38. The summed E-state index contributed by atoms with van der Waals surface area (Å²) < 4.78 is 14.7. The lowest BCUT2D eigenvalue weighted by Crippen LogP contribution is -2.55. The minimum Gasteiger partial charge on any atom is -0.333 e. The molecule has 1 aliphatic heterocycles. The van der Waals surface area contributed by atoms with Gasteiger partial charge in [-0.2, -0.15) is 0 Å². The van der Waals surface area contributed by atoms with Crippen molar-refractivity contribution in [2.24, 2.45) is 0 Å². The van der Waals surface area contributed by atoms with Crippen LogP contribution < -0.4 is 5.32 Å². The number of nitrogens with one attached hydrogen (secondary N) is 1. The van der Waals surface area contributed by atoms with Gasteiger partial charge in [-0.15, -0.1) is 0 Å². The Morgan fingerprint density at radius 2 is 1.82 bits per heavy atom. The lowest BCUT2D eigenvalue weighted by molar-refractivity contribution is 0.115. The van der Waals surface area contributed by atoms with Gasteiger partial charge in [-0.1, -0.05) is 17.7 Å². The van der Waals surface area contributed by atoms with Crippen LogP contribution in [0.2, 0.25) is 5.02 Å². The van der Waals surface area contributed by atoms with E-state index in [1.165, 1.54) is 12.4 Å². The van der Waals surface area contributed by atoms with Crippen molar-refractivity contribution < 1.29 is 9.18 Å². The number of carbonyl (C=O) groups is 1. The average Bonchev–Trinajstić information content (AvgIpc) is 2.64. The maximum Gasteiger partial charge on any atom is 0.317 e. The molecule has 0 spiro atoms. The molecule has 0 aliphatic carbocycles. The SMILES string of the molecule is CC(C)(C)NC(=O)N1CCN(C(c2cncnc2)c2ccc(Cl)cc2F)CC1. The summed E-state index contributed by atoms with van der Waals surface area (Å²) in [5.74, 6) is -0.366. The molecule has 1 aromatic carbocycles. The minimum absolute atomic E-state index is 0.0792. The summed E-state index contributed by atoms with van der Waals surface area (Å²) in [6.07, 6.45) is 4.85. The van der Waals surface area contributed by atoms with Crippen LogP contribution in [0.5, 0.6) is 0 Å². The molecule has 28 heavy (non-hydrogen) atoms. The lowest BCUT2D eigenvalue weighted by Gasteiger charge is -2.40. The van der Waals surface area contributed by atoms with Gasteiger partial charge in [0.25, 0.3) is 0 Å². The summed E-state index contributed by atoms with van der Waals surface area (Å²) in [6.45, 7) is 8.20. The summed E-state index contributed by atoms with van der Waals surface area (Å²) in [7, 11) is 0. The van der Waals surface area contributed by atoms with E-state index in [-0.39, 0.29) is 23.4 Å². The number of piperazine rings is 1. The van der Waals surface area contributed by atoms with E-state index in [0.717, 1.165) is 5.56 Å². The monoisotopic (exact) mass is 405 g/mol. The fourth-order valence-corrected chi connectivity index (χ4v) is 3.50. The van der Waals surface area contributed by atoms with E-state index >= 15 is 0 Å². The second-order valence-electron chi connectivity index (χ2n) is 7.94. The number of carbonyl (C=O) groups excluding carboxylic acids is 1. The Kier molecular flexibility index (Phi) is 6.15. The van der Waals surface area contributed by atoms with Crippen molar-refractivity contribution >= 4 is 17.6 Å². The summed E-state index contributed by atoms with van der Waals surface area (Å²) in [5, 5.41) is 3.34. The highest BCUT2D eigenvalue weighted by Crippen LogP contribution is 2.31. The van der Waals surface area contributed by atoms with E-state index in [0.29, 0.717) is 36.8 Å². The molecule has 1 atom stereocenters. The topological polar surface area (TPSA) is 61.4 Å². The number of hydrogen-bond donors (Lipinski definition) is 1. The van der Waals surface area contributed by atoms with E-state index in [9.17, 15) is 9.18 Å². The molecule has 0 radical (unpaired) electrons. The van der Waals surface area contributed by atoms with Crippen LogP contribution >= 0.6 is 11.6 Å². The highest BCUT2D eigenvalue weighted by molar-refractivity contribution is 6.30. The molecular formula is C20H25ClFN5O. The third-order valence-corrected chi connectivity index (χ3v) is 4.84. The third-order valence-electron chi connectivity index (χ3n) is 4.60. The fourth-order valence-electron chi connectivity index (χ4n) is 3.35. The summed E-state index contributed by atoms with van der Waals surface area (Å²) in [6, 6.07) is 4.29. The Labute approximate surface area is 169 Å². The molecule has 8 heteroatoms. The molecule has 1 aliphatic rings. The Morgan fingerprint density at radius 1 is 1.18 bits per heavy atom. The van der Waals surface area contributed by atoms with E-state index in [2.05, 4.69) is 20.2 Å². The molecule has 0 bridgehead atoms. The van der Waals surface area contributed by atoms with Gasteiger partial charge in [-0.05, 0) is 32.9 Å².